The Morgan fingerprint density at radius 3 is 2.56 bits per heavy atom. The van der Waals surface area contributed by atoms with Crippen molar-refractivity contribution in [3.63, 3.8) is 0 Å². The van der Waals surface area contributed by atoms with Crippen LogP contribution in [0.5, 0.6) is 0 Å². The molecule has 9 heteroatoms. The van der Waals surface area contributed by atoms with Crippen LogP contribution in [0, 0.1) is 5.92 Å². The van der Waals surface area contributed by atoms with Crippen molar-refractivity contribution in [1.29, 1.82) is 0 Å². The summed E-state index contributed by atoms with van der Waals surface area (Å²) < 4.78 is 6.52. The second-order valence-corrected chi connectivity index (χ2v) is 11.7. The first-order valence-electron chi connectivity index (χ1n) is 15.0. The number of nitrogens with zero attached hydrogens (tertiary/aromatic N) is 5. The Balaban J connectivity index is 1.16. The molecule has 1 N–H and O–H groups in total. The van der Waals surface area contributed by atoms with Gasteiger partial charge < -0.3 is 15.0 Å². The van der Waals surface area contributed by atoms with Gasteiger partial charge >= 0.3 is 5.97 Å². The minimum Gasteiger partial charge on any atom is -0.464 e. The van der Waals surface area contributed by atoms with Gasteiger partial charge in [-0.1, -0.05) is 66.2 Å². The van der Waals surface area contributed by atoms with Crippen molar-refractivity contribution in [1.82, 2.24) is 30.1 Å². The molecule has 41 heavy (non-hydrogen) atoms. The normalized spacial score (nSPS) is 25.0. The standard InChI is InChI=1S/C32H40N6O3/c1-41-32(40)28-22-38(35-34-28)27-18-30(31(39)33-19-26-10-7-17-36-16-6-5-11-29(26)36)37(21-27)20-23-12-14-25(15-13-23)24-8-3-2-4-9-24/h2-4,8-9,12-15,22,26-27,29-30H,5-7,10-11,16-21H2,1H3,(H,33,39)/t26-,27-,29+,30-/m0/s1. The maximum absolute atomic E-state index is 13.7. The van der Waals surface area contributed by atoms with Crippen LogP contribution in [0.3, 0.4) is 0 Å². The molecule has 216 valence electrons. The summed E-state index contributed by atoms with van der Waals surface area (Å²) in [7, 11) is 1.33. The number of benzene rings is 2. The van der Waals surface area contributed by atoms with E-state index in [1.165, 1.54) is 63.4 Å². The summed E-state index contributed by atoms with van der Waals surface area (Å²) in [5.74, 6) is 0.0832. The number of carbonyl (C=O) groups is 2. The van der Waals surface area contributed by atoms with Crippen molar-refractivity contribution < 1.29 is 14.3 Å². The molecular formula is C32H40N6O3. The number of ether oxygens (including phenoxy) is 1. The molecule has 0 spiro atoms. The lowest BCUT2D eigenvalue weighted by Gasteiger charge is -2.44. The average Bonchev–Trinajstić information content (AvgIpc) is 3.68. The molecule has 1 aromatic heterocycles. The van der Waals surface area contributed by atoms with Crippen molar-refractivity contribution >= 4 is 11.9 Å². The van der Waals surface area contributed by atoms with Gasteiger partial charge in [0, 0.05) is 25.7 Å². The molecular weight excluding hydrogens is 516 g/mol. The molecule has 0 unspecified atom stereocenters. The van der Waals surface area contributed by atoms with Gasteiger partial charge in [-0.05, 0) is 67.8 Å². The molecule has 3 aliphatic heterocycles. The molecule has 0 saturated carbocycles. The van der Waals surface area contributed by atoms with Gasteiger partial charge in [-0.2, -0.15) is 0 Å². The number of nitrogens with one attached hydrogen (secondary N) is 1. The van der Waals surface area contributed by atoms with Crippen LogP contribution < -0.4 is 5.32 Å². The van der Waals surface area contributed by atoms with Crippen LogP contribution in [0.15, 0.2) is 60.8 Å². The third-order valence-corrected chi connectivity index (χ3v) is 9.18. The number of fused-ring (bicyclic) bond motifs is 1. The first kappa shape index (κ1) is 27.6. The SMILES string of the molecule is COC(=O)c1cn([C@H]2C[C@@H](C(=O)NC[C@@H]3CCCN4CCCC[C@H]34)N(Cc3ccc(-c4ccccc4)cc3)C2)nn1. The molecule has 1 amide bonds. The van der Waals surface area contributed by atoms with Gasteiger partial charge in [-0.15, -0.1) is 5.10 Å². The molecule has 2 aromatic carbocycles. The number of rotatable bonds is 8. The van der Waals surface area contributed by atoms with E-state index >= 15 is 0 Å². The van der Waals surface area contributed by atoms with Crippen LogP contribution in [-0.2, 0) is 16.1 Å². The summed E-state index contributed by atoms with van der Waals surface area (Å²) in [6, 6.07) is 19.2. The first-order valence-corrected chi connectivity index (χ1v) is 15.0. The van der Waals surface area contributed by atoms with Gasteiger partial charge in [0.2, 0.25) is 5.91 Å². The fraction of sp³-hybridized carbons (Fsp3) is 0.500. The first-order chi connectivity index (χ1) is 20.1. The van der Waals surface area contributed by atoms with E-state index in [0.29, 0.717) is 31.5 Å². The fourth-order valence-corrected chi connectivity index (χ4v) is 7.00. The van der Waals surface area contributed by atoms with Crippen molar-refractivity contribution in [3.8, 4) is 11.1 Å². The lowest BCUT2D eigenvalue weighted by molar-refractivity contribution is -0.126. The third-order valence-electron chi connectivity index (χ3n) is 9.18. The van der Waals surface area contributed by atoms with Crippen LogP contribution >= 0.6 is 0 Å². The zero-order valence-corrected chi connectivity index (χ0v) is 23.8. The monoisotopic (exact) mass is 556 g/mol. The van der Waals surface area contributed by atoms with Crippen molar-refractivity contribution in [2.45, 2.75) is 63.2 Å². The van der Waals surface area contributed by atoms with Crippen LogP contribution in [0.2, 0.25) is 0 Å². The van der Waals surface area contributed by atoms with Crippen molar-refractivity contribution in [2.24, 2.45) is 5.92 Å². The van der Waals surface area contributed by atoms with E-state index in [1.807, 2.05) is 18.2 Å². The number of esters is 1. The van der Waals surface area contributed by atoms with E-state index in [0.717, 1.165) is 12.1 Å². The van der Waals surface area contributed by atoms with E-state index in [1.54, 1.807) is 10.9 Å². The Kier molecular flexibility index (Phi) is 8.43. The van der Waals surface area contributed by atoms with E-state index in [2.05, 4.69) is 61.8 Å². The van der Waals surface area contributed by atoms with Gasteiger partial charge in [0.1, 0.15) is 0 Å². The summed E-state index contributed by atoms with van der Waals surface area (Å²) in [4.78, 5) is 30.6. The highest BCUT2D eigenvalue weighted by Crippen LogP contribution is 2.32. The molecule has 0 bridgehead atoms. The predicted molar refractivity (Wildman–Crippen MR) is 156 cm³/mol. The maximum atomic E-state index is 13.7. The highest BCUT2D eigenvalue weighted by Gasteiger charge is 2.39. The summed E-state index contributed by atoms with van der Waals surface area (Å²) in [6.07, 6.45) is 8.45. The van der Waals surface area contributed by atoms with E-state index in [4.69, 9.17) is 4.74 Å². The Hall–Kier alpha value is -3.56. The van der Waals surface area contributed by atoms with Gasteiger partial charge in [0.05, 0.1) is 25.4 Å². The van der Waals surface area contributed by atoms with E-state index < -0.39 is 5.97 Å². The van der Waals surface area contributed by atoms with Crippen LogP contribution in [0.4, 0.5) is 0 Å². The van der Waals surface area contributed by atoms with Crippen LogP contribution in [0.1, 0.15) is 60.6 Å². The minimum absolute atomic E-state index is 0.0660. The smallest absolute Gasteiger partial charge is 0.360 e. The molecule has 4 heterocycles. The van der Waals surface area contributed by atoms with Crippen LogP contribution in [-0.4, -0.2) is 82.0 Å². The number of aromatic nitrogens is 3. The summed E-state index contributed by atoms with van der Waals surface area (Å²) in [5, 5.41) is 11.6. The van der Waals surface area contributed by atoms with E-state index in [9.17, 15) is 9.59 Å². The molecule has 3 saturated heterocycles. The molecule has 3 aromatic rings. The largest absolute Gasteiger partial charge is 0.464 e. The number of amides is 1. The van der Waals surface area contributed by atoms with Crippen molar-refractivity contribution in [3.05, 3.63) is 72.1 Å². The Morgan fingerprint density at radius 1 is 0.976 bits per heavy atom. The second kappa shape index (κ2) is 12.5. The third kappa shape index (κ3) is 6.21. The molecule has 3 aliphatic rings. The van der Waals surface area contributed by atoms with Gasteiger partial charge in [-0.25, -0.2) is 9.48 Å². The Labute approximate surface area is 241 Å². The number of likely N-dealkylation sites (tertiary alicyclic amines) is 1. The molecule has 9 nitrogen and oxygen atoms in total. The average molecular weight is 557 g/mol. The molecule has 4 atom stereocenters. The lowest BCUT2D eigenvalue weighted by atomic mass is 9.83. The quantitative estimate of drug-likeness (QED) is 0.421. The zero-order chi connectivity index (χ0) is 28.2. The molecule has 0 radical (unpaired) electrons. The number of hydrogen-bond acceptors (Lipinski definition) is 7. The highest BCUT2D eigenvalue weighted by atomic mass is 16.5. The maximum Gasteiger partial charge on any atom is 0.360 e. The molecule has 3 fully saturated rings. The fourth-order valence-electron chi connectivity index (χ4n) is 7.00. The summed E-state index contributed by atoms with van der Waals surface area (Å²) in [5.41, 5.74) is 3.69. The number of piperidine rings is 2. The van der Waals surface area contributed by atoms with E-state index in [-0.39, 0.29) is 23.7 Å². The Bertz CT molecular complexity index is 1320. The molecule has 6 rings (SSSR count). The predicted octanol–water partition coefficient (Wildman–Crippen LogP) is 3.93. The second-order valence-electron chi connectivity index (χ2n) is 11.7. The number of carbonyl (C=O) groups excluding carboxylic acids is 2. The van der Waals surface area contributed by atoms with Crippen molar-refractivity contribution in [2.75, 3.05) is 33.3 Å². The lowest BCUT2D eigenvalue weighted by Crippen LogP contribution is -2.52. The number of hydrogen-bond donors (Lipinski definition) is 1. The van der Waals surface area contributed by atoms with Gasteiger partial charge in [0.25, 0.3) is 0 Å². The summed E-state index contributed by atoms with van der Waals surface area (Å²) >= 11 is 0. The van der Waals surface area contributed by atoms with Gasteiger partial charge in [0.15, 0.2) is 5.69 Å². The molecule has 0 aliphatic carbocycles. The summed E-state index contributed by atoms with van der Waals surface area (Å²) in [6.45, 7) is 4.42. The Morgan fingerprint density at radius 2 is 1.76 bits per heavy atom. The topological polar surface area (TPSA) is 92.6 Å². The van der Waals surface area contributed by atoms with Gasteiger partial charge in [-0.3, -0.25) is 9.69 Å². The minimum atomic E-state index is -0.511. The number of methoxy groups -OCH3 is 1. The zero-order valence-electron chi connectivity index (χ0n) is 23.8. The van der Waals surface area contributed by atoms with Crippen LogP contribution in [0.25, 0.3) is 11.1 Å². The highest BCUT2D eigenvalue weighted by molar-refractivity contribution is 5.86.